The van der Waals surface area contributed by atoms with Crippen molar-refractivity contribution in [3.05, 3.63) is 63.2 Å². The van der Waals surface area contributed by atoms with Crippen molar-refractivity contribution in [1.29, 1.82) is 0 Å². The average Bonchev–Trinajstić information content (AvgIpc) is 3.22. The Kier molecular flexibility index (Phi) is 4.23. The van der Waals surface area contributed by atoms with Crippen LogP contribution in [0.15, 0.2) is 35.7 Å². The lowest BCUT2D eigenvalue weighted by Crippen LogP contribution is -2.29. The molecule has 0 atom stereocenters. The number of ketones is 1. The molecule has 0 saturated heterocycles. The van der Waals surface area contributed by atoms with Gasteiger partial charge in [0.15, 0.2) is 5.78 Å². The number of fused-ring (bicyclic) bond motifs is 1. The molecule has 0 bridgehead atoms. The zero-order valence-electron chi connectivity index (χ0n) is 13.9. The lowest BCUT2D eigenvalue weighted by molar-refractivity contribution is 0.102. The summed E-state index contributed by atoms with van der Waals surface area (Å²) in [7, 11) is 0. The van der Waals surface area contributed by atoms with Crippen molar-refractivity contribution in [2.75, 3.05) is 6.54 Å². The third-order valence-corrected chi connectivity index (χ3v) is 5.63. The zero-order valence-corrected chi connectivity index (χ0v) is 14.7. The van der Waals surface area contributed by atoms with Gasteiger partial charge in [-0.1, -0.05) is 12.1 Å². The second-order valence-electron chi connectivity index (χ2n) is 6.35. The number of benzene rings is 1. The third kappa shape index (κ3) is 3.15. The highest BCUT2D eigenvalue weighted by Crippen LogP contribution is 2.30. The minimum absolute atomic E-state index is 0.105. The number of Topliss-reactive ketones (excluding diaryl/α,β-unsaturated/α-hetero) is 1. The number of aromatic nitrogens is 2. The Morgan fingerprint density at radius 3 is 3.00 bits per heavy atom. The molecule has 0 aliphatic carbocycles. The molecule has 1 aliphatic rings. The van der Waals surface area contributed by atoms with Crippen molar-refractivity contribution in [1.82, 2.24) is 15.1 Å². The van der Waals surface area contributed by atoms with E-state index in [2.05, 4.69) is 15.1 Å². The third-order valence-electron chi connectivity index (χ3n) is 4.55. The van der Waals surface area contributed by atoms with E-state index in [9.17, 15) is 9.18 Å². The van der Waals surface area contributed by atoms with Crippen LogP contribution >= 0.6 is 11.3 Å². The Morgan fingerprint density at radius 1 is 1.40 bits per heavy atom. The summed E-state index contributed by atoms with van der Waals surface area (Å²) in [5.74, 6) is -0.147. The van der Waals surface area contributed by atoms with Crippen LogP contribution in [0, 0.1) is 5.82 Å². The topological polar surface area (TPSA) is 49.0 Å². The van der Waals surface area contributed by atoms with Gasteiger partial charge in [-0.15, -0.1) is 11.3 Å². The molecule has 0 radical (unpaired) electrons. The van der Waals surface area contributed by atoms with Gasteiger partial charge in [-0.25, -0.2) is 4.39 Å². The van der Waals surface area contributed by atoms with Crippen molar-refractivity contribution in [2.24, 2.45) is 0 Å². The molecule has 1 N–H and O–H groups in total. The number of aromatic amines is 1. The minimum Gasteiger partial charge on any atom is -0.294 e. The number of rotatable bonds is 4. The zero-order chi connectivity index (χ0) is 17.4. The van der Waals surface area contributed by atoms with Crippen LogP contribution in [0.1, 0.15) is 33.4 Å². The molecule has 6 heteroatoms. The SMILES string of the molecule is CC(=O)c1cc(CN2CCc3[nH]nc(-c4ccccc4F)c3C2)cs1. The lowest BCUT2D eigenvalue weighted by Gasteiger charge is -2.26. The lowest BCUT2D eigenvalue weighted by atomic mass is 10.0. The van der Waals surface area contributed by atoms with Gasteiger partial charge < -0.3 is 0 Å². The van der Waals surface area contributed by atoms with Gasteiger partial charge in [0.2, 0.25) is 0 Å². The van der Waals surface area contributed by atoms with Gasteiger partial charge in [0, 0.05) is 42.9 Å². The van der Waals surface area contributed by atoms with Gasteiger partial charge in [0.05, 0.1) is 10.6 Å². The molecule has 2 aromatic heterocycles. The van der Waals surface area contributed by atoms with Gasteiger partial charge in [-0.05, 0) is 36.1 Å². The van der Waals surface area contributed by atoms with Crippen molar-refractivity contribution in [3.63, 3.8) is 0 Å². The van der Waals surface area contributed by atoms with Crippen molar-refractivity contribution < 1.29 is 9.18 Å². The van der Waals surface area contributed by atoms with Crippen LogP contribution in [0.25, 0.3) is 11.3 Å². The van der Waals surface area contributed by atoms with Crippen LogP contribution in [-0.4, -0.2) is 27.4 Å². The highest BCUT2D eigenvalue weighted by Gasteiger charge is 2.24. The molecule has 1 aliphatic heterocycles. The number of carbonyl (C=O) groups is 1. The number of halogens is 1. The van der Waals surface area contributed by atoms with E-state index in [1.807, 2.05) is 17.5 Å². The van der Waals surface area contributed by atoms with Gasteiger partial charge >= 0.3 is 0 Å². The Balaban J connectivity index is 1.57. The summed E-state index contributed by atoms with van der Waals surface area (Å²) in [6.07, 6.45) is 0.862. The predicted molar refractivity (Wildman–Crippen MR) is 96.1 cm³/mol. The summed E-state index contributed by atoms with van der Waals surface area (Å²) in [5, 5.41) is 9.47. The smallest absolute Gasteiger partial charge is 0.169 e. The van der Waals surface area contributed by atoms with E-state index in [1.165, 1.54) is 17.4 Å². The molecule has 25 heavy (non-hydrogen) atoms. The van der Waals surface area contributed by atoms with Crippen molar-refractivity contribution in [2.45, 2.75) is 26.4 Å². The fourth-order valence-electron chi connectivity index (χ4n) is 3.26. The largest absolute Gasteiger partial charge is 0.294 e. The van der Waals surface area contributed by atoms with E-state index in [-0.39, 0.29) is 11.6 Å². The number of nitrogens with one attached hydrogen (secondary N) is 1. The fraction of sp³-hybridized carbons (Fsp3) is 0.263. The van der Waals surface area contributed by atoms with Crippen LogP contribution in [-0.2, 0) is 19.5 Å². The van der Waals surface area contributed by atoms with Gasteiger partial charge in [-0.2, -0.15) is 5.10 Å². The molecule has 0 fully saturated rings. The number of thiophene rings is 1. The Morgan fingerprint density at radius 2 is 2.24 bits per heavy atom. The summed E-state index contributed by atoms with van der Waals surface area (Å²) in [6, 6.07) is 8.71. The molecule has 0 saturated carbocycles. The Bertz CT molecular complexity index is 930. The second-order valence-corrected chi connectivity index (χ2v) is 7.26. The molecule has 4 nitrogen and oxygen atoms in total. The van der Waals surface area contributed by atoms with Gasteiger partial charge in [0.1, 0.15) is 5.82 Å². The van der Waals surface area contributed by atoms with Gasteiger partial charge in [-0.3, -0.25) is 14.8 Å². The van der Waals surface area contributed by atoms with E-state index < -0.39 is 0 Å². The molecular formula is C19H18FN3OS. The Hall–Kier alpha value is -2.31. The predicted octanol–water partition coefficient (Wildman–Crippen LogP) is 4.04. The molecule has 4 rings (SSSR count). The van der Waals surface area contributed by atoms with Crippen LogP contribution in [0.4, 0.5) is 4.39 Å². The van der Waals surface area contributed by atoms with Crippen molar-refractivity contribution in [3.8, 4) is 11.3 Å². The first kappa shape index (κ1) is 16.2. The minimum atomic E-state index is -0.252. The number of carbonyl (C=O) groups excluding carboxylic acids is 1. The highest BCUT2D eigenvalue weighted by atomic mass is 32.1. The molecule has 0 spiro atoms. The number of hydrogen-bond donors (Lipinski definition) is 1. The fourth-order valence-corrected chi connectivity index (χ4v) is 4.07. The first-order chi connectivity index (χ1) is 12.1. The molecule has 0 unspecified atom stereocenters. The van der Waals surface area contributed by atoms with E-state index in [4.69, 9.17) is 0 Å². The van der Waals surface area contributed by atoms with Crippen LogP contribution in [0.2, 0.25) is 0 Å². The maximum absolute atomic E-state index is 14.1. The second kappa shape index (κ2) is 6.54. The quantitative estimate of drug-likeness (QED) is 0.719. The molecule has 3 heterocycles. The summed E-state index contributed by atoms with van der Waals surface area (Å²) >= 11 is 1.49. The number of hydrogen-bond acceptors (Lipinski definition) is 4. The summed E-state index contributed by atoms with van der Waals surface area (Å²) < 4.78 is 14.1. The molecule has 3 aromatic rings. The van der Waals surface area contributed by atoms with Crippen molar-refractivity contribution >= 4 is 17.1 Å². The van der Waals surface area contributed by atoms with E-state index in [0.717, 1.165) is 47.8 Å². The van der Waals surface area contributed by atoms with Gasteiger partial charge in [0.25, 0.3) is 0 Å². The van der Waals surface area contributed by atoms with E-state index in [0.29, 0.717) is 11.3 Å². The molecule has 0 amide bonds. The maximum atomic E-state index is 14.1. The summed E-state index contributed by atoms with van der Waals surface area (Å²) in [5.41, 5.74) is 4.54. The van der Waals surface area contributed by atoms with Crippen LogP contribution in [0.3, 0.4) is 0 Å². The highest BCUT2D eigenvalue weighted by molar-refractivity contribution is 7.12. The number of H-pyrrole nitrogens is 1. The summed E-state index contributed by atoms with van der Waals surface area (Å²) in [6.45, 7) is 4.01. The van der Waals surface area contributed by atoms with E-state index in [1.54, 1.807) is 19.1 Å². The average molecular weight is 355 g/mol. The summed E-state index contributed by atoms with van der Waals surface area (Å²) in [4.78, 5) is 14.6. The van der Waals surface area contributed by atoms with Crippen LogP contribution < -0.4 is 0 Å². The Labute approximate surface area is 149 Å². The molecular weight excluding hydrogens is 337 g/mol. The normalized spacial score (nSPS) is 14.5. The maximum Gasteiger partial charge on any atom is 0.169 e. The molecule has 128 valence electrons. The number of nitrogens with zero attached hydrogens (tertiary/aromatic N) is 2. The first-order valence-corrected chi connectivity index (χ1v) is 9.11. The monoisotopic (exact) mass is 355 g/mol. The first-order valence-electron chi connectivity index (χ1n) is 8.23. The standard InChI is InChI=1S/C19H18FN3OS/c1-12(24)18-8-13(11-25-18)9-23-7-6-17-15(10-23)19(22-21-17)14-4-2-3-5-16(14)20/h2-5,8,11H,6-7,9-10H2,1H3,(H,21,22). The van der Waals surface area contributed by atoms with Crippen LogP contribution in [0.5, 0.6) is 0 Å². The van der Waals surface area contributed by atoms with E-state index >= 15 is 0 Å². The molecule has 1 aromatic carbocycles.